The van der Waals surface area contributed by atoms with Gasteiger partial charge in [0.25, 0.3) is 11.6 Å². The zero-order chi connectivity index (χ0) is 20.0. The predicted octanol–water partition coefficient (Wildman–Crippen LogP) is 4.85. The number of nitro benzene ring substituents is 1. The maximum atomic E-state index is 12.4. The van der Waals surface area contributed by atoms with Crippen LogP contribution in [0.25, 0.3) is 6.08 Å². The standard InChI is InChI=1S/C18H13Cl2N3O4/c1-2-27-17-11(7-13(19)8-16(17)20)6-12(10-21)18(24)22-14-4-3-5-15(9-14)23(25)26/h3-9H,2H2,1H3,(H,22,24)/b12-6+. The second-order valence-corrected chi connectivity index (χ2v) is 6.01. The van der Waals surface area contributed by atoms with E-state index in [1.165, 1.54) is 42.5 Å². The molecule has 0 heterocycles. The summed E-state index contributed by atoms with van der Waals surface area (Å²) in [5.41, 5.74) is 0.112. The Hall–Kier alpha value is -3.08. The molecule has 0 bridgehead atoms. The Labute approximate surface area is 164 Å². The van der Waals surface area contributed by atoms with Crippen LogP contribution in [0.3, 0.4) is 0 Å². The number of nitriles is 1. The molecule has 0 aliphatic heterocycles. The SMILES string of the molecule is CCOc1c(Cl)cc(Cl)cc1/C=C(\C#N)C(=O)Nc1cccc([N+](=O)[O-])c1. The smallest absolute Gasteiger partial charge is 0.271 e. The molecule has 0 atom stereocenters. The van der Waals surface area contributed by atoms with Crippen molar-refractivity contribution < 1.29 is 14.5 Å². The zero-order valence-corrected chi connectivity index (χ0v) is 15.5. The molecule has 0 saturated carbocycles. The van der Waals surface area contributed by atoms with Crippen molar-refractivity contribution in [2.24, 2.45) is 0 Å². The molecule has 2 aromatic rings. The molecule has 0 unspecified atom stereocenters. The van der Waals surface area contributed by atoms with Crippen LogP contribution in [0.4, 0.5) is 11.4 Å². The van der Waals surface area contributed by atoms with E-state index in [0.717, 1.165) is 0 Å². The van der Waals surface area contributed by atoms with Gasteiger partial charge in [0, 0.05) is 28.4 Å². The van der Waals surface area contributed by atoms with Gasteiger partial charge in [-0.1, -0.05) is 29.3 Å². The molecule has 0 aliphatic rings. The number of anilines is 1. The van der Waals surface area contributed by atoms with Crippen LogP contribution in [0.1, 0.15) is 12.5 Å². The molecule has 9 heteroatoms. The highest BCUT2D eigenvalue weighted by molar-refractivity contribution is 6.36. The predicted molar refractivity (Wildman–Crippen MR) is 103 cm³/mol. The number of nitrogens with one attached hydrogen (secondary N) is 1. The molecular weight excluding hydrogens is 393 g/mol. The number of nitro groups is 1. The van der Waals surface area contributed by atoms with Crippen LogP contribution in [0.15, 0.2) is 42.0 Å². The van der Waals surface area contributed by atoms with Gasteiger partial charge in [0.05, 0.1) is 16.6 Å². The van der Waals surface area contributed by atoms with Crippen LogP contribution >= 0.6 is 23.2 Å². The molecule has 0 saturated heterocycles. The van der Waals surface area contributed by atoms with Gasteiger partial charge >= 0.3 is 0 Å². The Bertz CT molecular complexity index is 968. The van der Waals surface area contributed by atoms with Crippen molar-refractivity contribution in [2.75, 3.05) is 11.9 Å². The largest absolute Gasteiger partial charge is 0.492 e. The van der Waals surface area contributed by atoms with Gasteiger partial charge in [0.2, 0.25) is 0 Å². The highest BCUT2D eigenvalue weighted by atomic mass is 35.5. The van der Waals surface area contributed by atoms with Gasteiger partial charge in [-0.2, -0.15) is 5.26 Å². The zero-order valence-electron chi connectivity index (χ0n) is 14.0. The maximum Gasteiger partial charge on any atom is 0.271 e. The van der Waals surface area contributed by atoms with Crippen molar-refractivity contribution >= 4 is 46.6 Å². The summed E-state index contributed by atoms with van der Waals surface area (Å²) in [4.78, 5) is 22.6. The van der Waals surface area contributed by atoms with E-state index in [9.17, 15) is 20.2 Å². The number of nitrogens with zero attached hydrogens (tertiary/aromatic N) is 2. The average Bonchev–Trinajstić information content (AvgIpc) is 2.62. The van der Waals surface area contributed by atoms with E-state index in [0.29, 0.717) is 22.9 Å². The molecule has 7 nitrogen and oxygen atoms in total. The number of ether oxygens (including phenoxy) is 1. The molecule has 138 valence electrons. The number of amides is 1. The van der Waals surface area contributed by atoms with Gasteiger partial charge < -0.3 is 10.1 Å². The lowest BCUT2D eigenvalue weighted by molar-refractivity contribution is -0.384. The van der Waals surface area contributed by atoms with Crippen LogP contribution in [-0.4, -0.2) is 17.4 Å². The molecule has 1 amide bonds. The van der Waals surface area contributed by atoms with Crippen LogP contribution in [-0.2, 0) is 4.79 Å². The molecule has 2 aromatic carbocycles. The first kappa shape index (κ1) is 20.2. The van der Waals surface area contributed by atoms with Crippen LogP contribution in [0.2, 0.25) is 10.0 Å². The quantitative estimate of drug-likeness (QED) is 0.320. The van der Waals surface area contributed by atoms with Crippen LogP contribution < -0.4 is 10.1 Å². The summed E-state index contributed by atoms with van der Waals surface area (Å²) in [7, 11) is 0. The van der Waals surface area contributed by atoms with Gasteiger partial charge in [0.1, 0.15) is 17.4 Å². The molecule has 0 aromatic heterocycles. The van der Waals surface area contributed by atoms with E-state index in [4.69, 9.17) is 27.9 Å². The van der Waals surface area contributed by atoms with Gasteiger partial charge in [0.15, 0.2) is 0 Å². The molecule has 27 heavy (non-hydrogen) atoms. The van der Waals surface area contributed by atoms with E-state index in [2.05, 4.69) is 5.32 Å². The fourth-order valence-electron chi connectivity index (χ4n) is 2.18. The lowest BCUT2D eigenvalue weighted by atomic mass is 10.1. The number of halogens is 2. The lowest BCUT2D eigenvalue weighted by Crippen LogP contribution is -2.13. The summed E-state index contributed by atoms with van der Waals surface area (Å²) in [5.74, 6) is -0.448. The molecule has 0 aliphatic carbocycles. The molecule has 2 rings (SSSR count). The average molecular weight is 406 g/mol. The van der Waals surface area contributed by atoms with E-state index in [-0.39, 0.29) is 22.0 Å². The lowest BCUT2D eigenvalue weighted by Gasteiger charge is -2.11. The van der Waals surface area contributed by atoms with Crippen LogP contribution in [0, 0.1) is 21.4 Å². The second kappa shape index (κ2) is 9.03. The number of hydrogen-bond donors (Lipinski definition) is 1. The highest BCUT2D eigenvalue weighted by Gasteiger charge is 2.15. The van der Waals surface area contributed by atoms with E-state index in [1.54, 1.807) is 13.0 Å². The Morgan fingerprint density at radius 1 is 1.37 bits per heavy atom. The second-order valence-electron chi connectivity index (χ2n) is 5.17. The third-order valence-electron chi connectivity index (χ3n) is 3.31. The number of carbonyl (C=O) groups is 1. The number of non-ortho nitro benzene ring substituents is 1. The summed E-state index contributed by atoms with van der Waals surface area (Å²) in [6.45, 7) is 2.09. The molecule has 0 spiro atoms. The maximum absolute atomic E-state index is 12.4. The minimum absolute atomic E-state index is 0.185. The van der Waals surface area contributed by atoms with Crippen molar-refractivity contribution in [3.8, 4) is 11.8 Å². The van der Waals surface area contributed by atoms with Gasteiger partial charge in [-0.05, 0) is 31.2 Å². The topological polar surface area (TPSA) is 105 Å². The molecular formula is C18H13Cl2N3O4. The van der Waals surface area contributed by atoms with Gasteiger partial charge in [-0.15, -0.1) is 0 Å². The summed E-state index contributed by atoms with van der Waals surface area (Å²) < 4.78 is 5.46. The minimum Gasteiger partial charge on any atom is -0.492 e. The summed E-state index contributed by atoms with van der Waals surface area (Å²) in [6.07, 6.45) is 1.29. The summed E-state index contributed by atoms with van der Waals surface area (Å²) in [6, 6.07) is 10.2. The number of benzene rings is 2. The third kappa shape index (κ3) is 5.20. The van der Waals surface area contributed by atoms with Crippen LogP contribution in [0.5, 0.6) is 5.75 Å². The van der Waals surface area contributed by atoms with Crippen molar-refractivity contribution in [3.63, 3.8) is 0 Å². The monoisotopic (exact) mass is 405 g/mol. The van der Waals surface area contributed by atoms with Gasteiger partial charge in [-0.3, -0.25) is 14.9 Å². The summed E-state index contributed by atoms with van der Waals surface area (Å²) >= 11 is 12.1. The highest BCUT2D eigenvalue weighted by Crippen LogP contribution is 2.34. The van der Waals surface area contributed by atoms with E-state index in [1.807, 2.05) is 0 Å². The third-order valence-corrected chi connectivity index (χ3v) is 3.80. The number of rotatable bonds is 6. The molecule has 0 fully saturated rings. The Morgan fingerprint density at radius 3 is 2.74 bits per heavy atom. The summed E-state index contributed by atoms with van der Waals surface area (Å²) in [5, 5.41) is 23.2. The fourth-order valence-corrected chi connectivity index (χ4v) is 2.75. The first-order valence-corrected chi connectivity index (χ1v) is 8.40. The van der Waals surface area contributed by atoms with Gasteiger partial charge in [-0.25, -0.2) is 0 Å². The number of hydrogen-bond acceptors (Lipinski definition) is 5. The Balaban J connectivity index is 2.36. The van der Waals surface area contributed by atoms with Crippen molar-refractivity contribution in [2.45, 2.75) is 6.92 Å². The molecule has 1 N–H and O–H groups in total. The minimum atomic E-state index is -0.739. The number of carbonyl (C=O) groups excluding carboxylic acids is 1. The fraction of sp³-hybridized carbons (Fsp3) is 0.111. The van der Waals surface area contributed by atoms with E-state index >= 15 is 0 Å². The van der Waals surface area contributed by atoms with Crippen molar-refractivity contribution in [1.82, 2.24) is 0 Å². The normalized spacial score (nSPS) is 10.8. The first-order chi connectivity index (χ1) is 12.8. The Morgan fingerprint density at radius 2 is 2.11 bits per heavy atom. The van der Waals surface area contributed by atoms with Crippen molar-refractivity contribution in [1.29, 1.82) is 5.26 Å². The first-order valence-electron chi connectivity index (χ1n) is 7.65. The van der Waals surface area contributed by atoms with Crippen molar-refractivity contribution in [3.05, 3.63) is 67.7 Å². The van der Waals surface area contributed by atoms with E-state index < -0.39 is 10.8 Å². The Kier molecular flexibility index (Phi) is 6.77. The molecule has 0 radical (unpaired) electrons.